The van der Waals surface area contributed by atoms with Crippen molar-refractivity contribution >= 4 is 22.7 Å². The van der Waals surface area contributed by atoms with Gasteiger partial charge in [0.25, 0.3) is 0 Å². The highest BCUT2D eigenvalue weighted by Gasteiger charge is 2.24. The van der Waals surface area contributed by atoms with Crippen LogP contribution >= 0.6 is 11.8 Å². The van der Waals surface area contributed by atoms with Crippen molar-refractivity contribution in [1.29, 1.82) is 0 Å². The standard InChI is InChI=1S/C16H22N2S/c1-2-19-14-8-7-13(9-14)17-10-12-11-18-16-6-4-3-5-15(12)16/h3-6,11,13-14,17-18H,2,7-10H2,1H3. The summed E-state index contributed by atoms with van der Waals surface area (Å²) in [5, 5.41) is 5.97. The van der Waals surface area contributed by atoms with Gasteiger partial charge >= 0.3 is 0 Å². The molecule has 0 aliphatic heterocycles. The topological polar surface area (TPSA) is 27.8 Å². The molecule has 0 saturated heterocycles. The predicted molar refractivity (Wildman–Crippen MR) is 84.7 cm³/mol. The molecule has 0 bridgehead atoms. The first-order valence-electron chi connectivity index (χ1n) is 7.26. The number of hydrogen-bond acceptors (Lipinski definition) is 2. The van der Waals surface area contributed by atoms with Crippen LogP contribution in [0.3, 0.4) is 0 Å². The van der Waals surface area contributed by atoms with E-state index in [1.807, 2.05) is 0 Å². The predicted octanol–water partition coefficient (Wildman–Crippen LogP) is 3.93. The maximum absolute atomic E-state index is 3.73. The van der Waals surface area contributed by atoms with Crippen molar-refractivity contribution in [2.24, 2.45) is 0 Å². The summed E-state index contributed by atoms with van der Waals surface area (Å²) < 4.78 is 0. The lowest BCUT2D eigenvalue weighted by Crippen LogP contribution is -2.26. The molecule has 1 heterocycles. The third-order valence-corrected chi connectivity index (χ3v) is 5.28. The Bertz CT molecular complexity index is 534. The lowest BCUT2D eigenvalue weighted by molar-refractivity contribution is 0.526. The quantitative estimate of drug-likeness (QED) is 0.864. The maximum atomic E-state index is 3.73. The molecule has 1 fully saturated rings. The first kappa shape index (κ1) is 13.1. The summed E-state index contributed by atoms with van der Waals surface area (Å²) in [5.41, 5.74) is 2.63. The number of thioether (sulfide) groups is 1. The van der Waals surface area contributed by atoms with Crippen LogP contribution in [-0.2, 0) is 6.54 Å². The van der Waals surface area contributed by atoms with Gasteiger partial charge in [-0.05, 0) is 36.6 Å². The Labute approximate surface area is 119 Å². The van der Waals surface area contributed by atoms with Gasteiger partial charge in [0.1, 0.15) is 0 Å². The summed E-state index contributed by atoms with van der Waals surface area (Å²) in [4.78, 5) is 3.35. The van der Waals surface area contributed by atoms with Gasteiger partial charge in [-0.3, -0.25) is 0 Å². The molecule has 0 radical (unpaired) electrons. The lowest BCUT2D eigenvalue weighted by Gasteiger charge is -2.12. The normalized spacial score (nSPS) is 23.2. The second kappa shape index (κ2) is 6.02. The summed E-state index contributed by atoms with van der Waals surface area (Å²) in [5.74, 6) is 1.25. The molecule has 0 amide bonds. The fourth-order valence-corrected chi connectivity index (χ4v) is 4.19. The van der Waals surface area contributed by atoms with Crippen LogP contribution in [0.25, 0.3) is 10.9 Å². The van der Waals surface area contributed by atoms with E-state index < -0.39 is 0 Å². The third-order valence-electron chi connectivity index (χ3n) is 4.04. The molecule has 19 heavy (non-hydrogen) atoms. The molecule has 1 aliphatic rings. The van der Waals surface area contributed by atoms with Crippen molar-refractivity contribution in [2.45, 2.75) is 44.0 Å². The summed E-state index contributed by atoms with van der Waals surface area (Å²) in [6, 6.07) is 9.25. The van der Waals surface area contributed by atoms with Crippen LogP contribution in [0.5, 0.6) is 0 Å². The summed E-state index contributed by atoms with van der Waals surface area (Å²) in [7, 11) is 0. The molecular weight excluding hydrogens is 252 g/mol. The van der Waals surface area contributed by atoms with E-state index in [-0.39, 0.29) is 0 Å². The Morgan fingerprint density at radius 3 is 3.11 bits per heavy atom. The van der Waals surface area contributed by atoms with Gasteiger partial charge in [-0.2, -0.15) is 11.8 Å². The highest BCUT2D eigenvalue weighted by molar-refractivity contribution is 7.99. The van der Waals surface area contributed by atoms with Gasteiger partial charge in [-0.25, -0.2) is 0 Å². The monoisotopic (exact) mass is 274 g/mol. The average Bonchev–Trinajstić information content (AvgIpc) is 3.04. The Balaban J connectivity index is 1.58. The van der Waals surface area contributed by atoms with Crippen molar-refractivity contribution in [2.75, 3.05) is 5.75 Å². The molecule has 3 heteroatoms. The molecule has 2 atom stereocenters. The number of aromatic amines is 1. The molecule has 2 aromatic rings. The lowest BCUT2D eigenvalue weighted by atomic mass is 10.1. The fraction of sp³-hybridized carbons (Fsp3) is 0.500. The molecule has 3 rings (SSSR count). The zero-order chi connectivity index (χ0) is 13.1. The van der Waals surface area contributed by atoms with Crippen LogP contribution in [0.2, 0.25) is 0 Å². The van der Waals surface area contributed by atoms with E-state index >= 15 is 0 Å². The molecule has 102 valence electrons. The Morgan fingerprint density at radius 1 is 1.32 bits per heavy atom. The van der Waals surface area contributed by atoms with Gasteiger partial charge in [-0.1, -0.05) is 25.1 Å². The number of fused-ring (bicyclic) bond motifs is 1. The average molecular weight is 274 g/mol. The smallest absolute Gasteiger partial charge is 0.0457 e. The van der Waals surface area contributed by atoms with Crippen molar-refractivity contribution in [3.63, 3.8) is 0 Å². The number of H-pyrrole nitrogens is 1. The van der Waals surface area contributed by atoms with Crippen LogP contribution in [0.1, 0.15) is 31.7 Å². The first-order chi connectivity index (χ1) is 9.36. The minimum atomic E-state index is 0.706. The van der Waals surface area contributed by atoms with Crippen LogP contribution in [0, 0.1) is 0 Å². The van der Waals surface area contributed by atoms with E-state index in [1.165, 1.54) is 41.5 Å². The van der Waals surface area contributed by atoms with E-state index in [4.69, 9.17) is 0 Å². The highest BCUT2D eigenvalue weighted by Crippen LogP contribution is 2.30. The molecular formula is C16H22N2S. The largest absolute Gasteiger partial charge is 0.361 e. The number of aromatic nitrogens is 1. The molecule has 0 spiro atoms. The summed E-state index contributed by atoms with van der Waals surface area (Å²) in [6.45, 7) is 3.25. The molecule has 1 aromatic heterocycles. The highest BCUT2D eigenvalue weighted by atomic mass is 32.2. The summed E-state index contributed by atoms with van der Waals surface area (Å²) in [6.07, 6.45) is 6.19. The maximum Gasteiger partial charge on any atom is 0.0457 e. The Kier molecular flexibility index (Phi) is 4.14. The van der Waals surface area contributed by atoms with E-state index in [0.29, 0.717) is 6.04 Å². The minimum absolute atomic E-state index is 0.706. The van der Waals surface area contributed by atoms with Gasteiger partial charge < -0.3 is 10.3 Å². The van der Waals surface area contributed by atoms with Crippen LogP contribution in [0.4, 0.5) is 0 Å². The van der Waals surface area contributed by atoms with Crippen molar-refractivity contribution in [3.8, 4) is 0 Å². The molecule has 1 saturated carbocycles. The summed E-state index contributed by atoms with van der Waals surface area (Å²) >= 11 is 2.12. The van der Waals surface area contributed by atoms with Gasteiger partial charge in [0.05, 0.1) is 0 Å². The molecule has 1 aromatic carbocycles. The van der Waals surface area contributed by atoms with E-state index in [9.17, 15) is 0 Å². The van der Waals surface area contributed by atoms with E-state index in [1.54, 1.807) is 0 Å². The molecule has 2 unspecified atom stereocenters. The Hall–Kier alpha value is -0.930. The number of rotatable bonds is 5. The van der Waals surface area contributed by atoms with Crippen molar-refractivity contribution in [3.05, 3.63) is 36.0 Å². The number of nitrogens with one attached hydrogen (secondary N) is 2. The molecule has 1 aliphatic carbocycles. The third kappa shape index (κ3) is 2.98. The number of para-hydroxylation sites is 1. The molecule has 2 nitrogen and oxygen atoms in total. The van der Waals surface area contributed by atoms with Crippen LogP contribution in [0.15, 0.2) is 30.5 Å². The Morgan fingerprint density at radius 2 is 2.21 bits per heavy atom. The molecule has 2 N–H and O–H groups in total. The first-order valence-corrected chi connectivity index (χ1v) is 8.31. The van der Waals surface area contributed by atoms with E-state index in [2.05, 4.69) is 59.4 Å². The van der Waals surface area contributed by atoms with Crippen molar-refractivity contribution in [1.82, 2.24) is 10.3 Å². The fourth-order valence-electron chi connectivity index (χ4n) is 3.04. The van der Waals surface area contributed by atoms with E-state index in [0.717, 1.165) is 11.8 Å². The number of benzene rings is 1. The van der Waals surface area contributed by atoms with Gasteiger partial charge in [0.15, 0.2) is 0 Å². The minimum Gasteiger partial charge on any atom is -0.361 e. The van der Waals surface area contributed by atoms with Gasteiger partial charge in [0.2, 0.25) is 0 Å². The second-order valence-corrected chi connectivity index (χ2v) is 6.91. The zero-order valence-corrected chi connectivity index (χ0v) is 12.3. The zero-order valence-electron chi connectivity index (χ0n) is 11.5. The van der Waals surface area contributed by atoms with Gasteiger partial charge in [0, 0.05) is 34.9 Å². The van der Waals surface area contributed by atoms with Gasteiger partial charge in [-0.15, -0.1) is 0 Å². The van der Waals surface area contributed by atoms with Crippen LogP contribution < -0.4 is 5.32 Å². The van der Waals surface area contributed by atoms with Crippen molar-refractivity contribution < 1.29 is 0 Å². The second-order valence-electron chi connectivity index (χ2n) is 5.33. The number of hydrogen-bond donors (Lipinski definition) is 2. The SMILES string of the molecule is CCSC1CCC(NCc2c[nH]c3ccccc23)C1. The van der Waals surface area contributed by atoms with Crippen LogP contribution in [-0.4, -0.2) is 22.0 Å².